The zero-order valence-electron chi connectivity index (χ0n) is 10.6. The number of nitrogens with two attached hydrogens (primary N) is 1. The van der Waals surface area contributed by atoms with Gasteiger partial charge in [0.05, 0.1) is 5.56 Å². The topological polar surface area (TPSA) is 46.3 Å². The Kier molecular flexibility index (Phi) is 3.36. The first-order valence-electron chi connectivity index (χ1n) is 6.19. The molecule has 3 nitrogen and oxygen atoms in total. The minimum absolute atomic E-state index is 0.0399. The third-order valence-electron chi connectivity index (χ3n) is 3.54. The molecule has 1 aromatic rings. The standard InChI is InChI=1S/C14H20N2O/c1-10-6-7-13(15)12(8-10)14(17)16(2)9-11-4-3-5-11/h6-8,11H,3-5,9,15H2,1-2H3. The number of hydrogen-bond donors (Lipinski definition) is 1. The van der Waals surface area contributed by atoms with Crippen molar-refractivity contribution in [2.45, 2.75) is 26.2 Å². The van der Waals surface area contributed by atoms with E-state index in [-0.39, 0.29) is 5.91 Å². The van der Waals surface area contributed by atoms with Gasteiger partial charge in [-0.25, -0.2) is 0 Å². The fourth-order valence-electron chi connectivity index (χ4n) is 2.21. The normalized spacial score (nSPS) is 15.4. The molecule has 1 aliphatic rings. The van der Waals surface area contributed by atoms with Crippen LogP contribution in [0.2, 0.25) is 0 Å². The van der Waals surface area contributed by atoms with Crippen LogP contribution in [0, 0.1) is 12.8 Å². The molecule has 2 N–H and O–H groups in total. The first kappa shape index (κ1) is 12.0. The van der Waals surface area contributed by atoms with Crippen molar-refractivity contribution in [2.75, 3.05) is 19.3 Å². The molecule has 0 spiro atoms. The highest BCUT2D eigenvalue weighted by molar-refractivity contribution is 5.99. The second-order valence-corrected chi connectivity index (χ2v) is 5.07. The van der Waals surface area contributed by atoms with Crippen LogP contribution in [0.1, 0.15) is 35.2 Å². The number of nitrogen functional groups attached to an aromatic ring is 1. The van der Waals surface area contributed by atoms with E-state index in [0.717, 1.165) is 12.1 Å². The van der Waals surface area contributed by atoms with E-state index in [1.807, 2.05) is 26.1 Å². The Bertz CT molecular complexity index is 424. The van der Waals surface area contributed by atoms with Gasteiger partial charge in [-0.1, -0.05) is 18.1 Å². The quantitative estimate of drug-likeness (QED) is 0.814. The molecule has 0 bridgehead atoms. The third-order valence-corrected chi connectivity index (χ3v) is 3.54. The molecule has 92 valence electrons. The molecule has 1 fully saturated rings. The van der Waals surface area contributed by atoms with Crippen molar-refractivity contribution in [3.05, 3.63) is 29.3 Å². The lowest BCUT2D eigenvalue weighted by atomic mass is 9.85. The molecule has 1 amide bonds. The summed E-state index contributed by atoms with van der Waals surface area (Å²) in [5, 5.41) is 0. The molecule has 1 aromatic carbocycles. The van der Waals surface area contributed by atoms with E-state index in [0.29, 0.717) is 17.2 Å². The molecule has 0 unspecified atom stereocenters. The number of amides is 1. The lowest BCUT2D eigenvalue weighted by Gasteiger charge is -2.30. The van der Waals surface area contributed by atoms with Gasteiger partial charge in [0.15, 0.2) is 0 Å². The number of carbonyl (C=O) groups is 1. The highest BCUT2D eigenvalue weighted by Gasteiger charge is 2.22. The van der Waals surface area contributed by atoms with E-state index in [9.17, 15) is 4.79 Å². The Morgan fingerprint density at radius 1 is 1.47 bits per heavy atom. The number of hydrogen-bond acceptors (Lipinski definition) is 2. The summed E-state index contributed by atoms with van der Waals surface area (Å²) in [6.07, 6.45) is 3.81. The maximum absolute atomic E-state index is 12.2. The van der Waals surface area contributed by atoms with Crippen molar-refractivity contribution in [3.8, 4) is 0 Å². The van der Waals surface area contributed by atoms with Crippen molar-refractivity contribution in [1.29, 1.82) is 0 Å². The molecule has 0 aromatic heterocycles. The summed E-state index contributed by atoms with van der Waals surface area (Å²) < 4.78 is 0. The molecular formula is C14H20N2O. The number of rotatable bonds is 3. The van der Waals surface area contributed by atoms with Gasteiger partial charge >= 0.3 is 0 Å². The van der Waals surface area contributed by atoms with Crippen LogP contribution >= 0.6 is 0 Å². The van der Waals surface area contributed by atoms with Crippen molar-refractivity contribution in [3.63, 3.8) is 0 Å². The van der Waals surface area contributed by atoms with E-state index < -0.39 is 0 Å². The fraction of sp³-hybridized carbons (Fsp3) is 0.500. The van der Waals surface area contributed by atoms with E-state index in [4.69, 9.17) is 5.73 Å². The smallest absolute Gasteiger partial charge is 0.255 e. The predicted molar refractivity (Wildman–Crippen MR) is 69.9 cm³/mol. The molecule has 0 radical (unpaired) electrons. The Labute approximate surface area is 103 Å². The monoisotopic (exact) mass is 232 g/mol. The van der Waals surface area contributed by atoms with Crippen LogP contribution in [0.25, 0.3) is 0 Å². The van der Waals surface area contributed by atoms with Crippen LogP contribution in [0.15, 0.2) is 18.2 Å². The molecule has 0 heterocycles. The summed E-state index contributed by atoms with van der Waals surface area (Å²) >= 11 is 0. The van der Waals surface area contributed by atoms with Crippen molar-refractivity contribution in [1.82, 2.24) is 4.90 Å². The van der Waals surface area contributed by atoms with Crippen LogP contribution in [0.4, 0.5) is 5.69 Å². The lowest BCUT2D eigenvalue weighted by Crippen LogP contribution is -2.34. The number of anilines is 1. The highest BCUT2D eigenvalue weighted by Crippen LogP contribution is 2.27. The Balaban J connectivity index is 2.09. The van der Waals surface area contributed by atoms with Crippen LogP contribution in [0.3, 0.4) is 0 Å². The summed E-state index contributed by atoms with van der Waals surface area (Å²) in [5.41, 5.74) is 8.13. The SMILES string of the molecule is Cc1ccc(N)c(C(=O)N(C)CC2CCC2)c1. The van der Waals surface area contributed by atoms with Gasteiger partial charge in [-0.15, -0.1) is 0 Å². The highest BCUT2D eigenvalue weighted by atomic mass is 16.2. The van der Waals surface area contributed by atoms with E-state index in [2.05, 4.69) is 0 Å². The van der Waals surface area contributed by atoms with Gasteiger partial charge in [-0.3, -0.25) is 4.79 Å². The second kappa shape index (κ2) is 4.78. The zero-order chi connectivity index (χ0) is 12.4. The predicted octanol–water partition coefficient (Wildman–Crippen LogP) is 2.45. The van der Waals surface area contributed by atoms with Gasteiger partial charge < -0.3 is 10.6 Å². The minimum atomic E-state index is 0.0399. The van der Waals surface area contributed by atoms with Gasteiger partial charge in [0.1, 0.15) is 0 Å². The molecule has 0 aliphatic heterocycles. The van der Waals surface area contributed by atoms with Gasteiger partial charge in [0, 0.05) is 19.3 Å². The Morgan fingerprint density at radius 2 is 2.18 bits per heavy atom. The number of carbonyl (C=O) groups excluding carboxylic acids is 1. The molecule has 0 saturated heterocycles. The molecule has 1 aliphatic carbocycles. The van der Waals surface area contributed by atoms with Gasteiger partial charge in [0.2, 0.25) is 0 Å². The largest absolute Gasteiger partial charge is 0.398 e. The fourth-order valence-corrected chi connectivity index (χ4v) is 2.21. The minimum Gasteiger partial charge on any atom is -0.398 e. The van der Waals surface area contributed by atoms with Crippen molar-refractivity contribution < 1.29 is 4.79 Å². The third kappa shape index (κ3) is 2.60. The van der Waals surface area contributed by atoms with E-state index in [1.54, 1.807) is 11.0 Å². The Morgan fingerprint density at radius 3 is 2.76 bits per heavy atom. The molecule has 0 atom stereocenters. The molecular weight excluding hydrogens is 212 g/mol. The first-order chi connectivity index (χ1) is 8.08. The number of nitrogens with zero attached hydrogens (tertiary/aromatic N) is 1. The maximum atomic E-state index is 12.2. The first-order valence-corrected chi connectivity index (χ1v) is 6.19. The summed E-state index contributed by atoms with van der Waals surface area (Å²) in [4.78, 5) is 14.0. The van der Waals surface area contributed by atoms with E-state index >= 15 is 0 Å². The summed E-state index contributed by atoms with van der Waals surface area (Å²) in [7, 11) is 1.86. The van der Waals surface area contributed by atoms with Crippen LogP contribution in [-0.2, 0) is 0 Å². The molecule has 3 heteroatoms. The van der Waals surface area contributed by atoms with E-state index in [1.165, 1.54) is 19.3 Å². The van der Waals surface area contributed by atoms with Gasteiger partial charge in [0.25, 0.3) is 5.91 Å². The average Bonchev–Trinajstić information content (AvgIpc) is 2.25. The van der Waals surface area contributed by atoms with Gasteiger partial charge in [-0.05, 0) is 37.8 Å². The number of aryl methyl sites for hydroxylation is 1. The lowest BCUT2D eigenvalue weighted by molar-refractivity contribution is 0.0746. The molecule has 1 saturated carbocycles. The van der Waals surface area contributed by atoms with Gasteiger partial charge in [-0.2, -0.15) is 0 Å². The zero-order valence-corrected chi connectivity index (χ0v) is 10.6. The Hall–Kier alpha value is -1.51. The molecule has 17 heavy (non-hydrogen) atoms. The average molecular weight is 232 g/mol. The van der Waals surface area contributed by atoms with Crippen LogP contribution in [-0.4, -0.2) is 24.4 Å². The van der Waals surface area contributed by atoms with Crippen LogP contribution in [0.5, 0.6) is 0 Å². The maximum Gasteiger partial charge on any atom is 0.255 e. The number of benzene rings is 1. The van der Waals surface area contributed by atoms with Crippen LogP contribution < -0.4 is 5.73 Å². The summed E-state index contributed by atoms with van der Waals surface area (Å²) in [6.45, 7) is 2.83. The van der Waals surface area contributed by atoms with Crippen molar-refractivity contribution in [2.24, 2.45) is 5.92 Å². The summed E-state index contributed by atoms with van der Waals surface area (Å²) in [5.74, 6) is 0.730. The summed E-state index contributed by atoms with van der Waals surface area (Å²) in [6, 6.07) is 5.60. The second-order valence-electron chi connectivity index (χ2n) is 5.07. The van der Waals surface area contributed by atoms with Crippen molar-refractivity contribution >= 4 is 11.6 Å². The molecule has 2 rings (SSSR count).